The van der Waals surface area contributed by atoms with E-state index in [4.69, 9.17) is 28.8 Å². The quantitative estimate of drug-likeness (QED) is 0.196. The van der Waals surface area contributed by atoms with Crippen LogP contribution in [0, 0.1) is 0 Å². The highest BCUT2D eigenvalue weighted by Gasteiger charge is 2.51. The van der Waals surface area contributed by atoms with Crippen LogP contribution in [0.3, 0.4) is 0 Å². The Bertz CT molecular complexity index is 581. The summed E-state index contributed by atoms with van der Waals surface area (Å²) in [5.41, 5.74) is 0. The zero-order chi connectivity index (χ0) is 23.0. The highest BCUT2D eigenvalue weighted by atomic mass is 16.7. The van der Waals surface area contributed by atoms with Crippen LogP contribution >= 0.6 is 0 Å². The highest BCUT2D eigenvalue weighted by Crippen LogP contribution is 2.31. The van der Waals surface area contributed by atoms with Crippen molar-refractivity contribution in [2.45, 2.75) is 106 Å². The van der Waals surface area contributed by atoms with Crippen molar-refractivity contribution < 1.29 is 64.5 Å². The Balaban J connectivity index is 1.70. The van der Waals surface area contributed by atoms with Crippen LogP contribution in [0.25, 0.3) is 0 Å². The van der Waals surface area contributed by atoms with Crippen molar-refractivity contribution in [3.05, 3.63) is 0 Å². The van der Waals surface area contributed by atoms with Gasteiger partial charge in [0.05, 0.1) is 24.9 Å². The highest BCUT2D eigenvalue weighted by molar-refractivity contribution is 4.94. The summed E-state index contributed by atoms with van der Waals surface area (Å²) in [4.78, 5) is 0. The minimum atomic E-state index is -1.75. The molecule has 13 heteroatoms. The Morgan fingerprint density at radius 3 is 1.94 bits per heavy atom. The maximum atomic E-state index is 10.7. The van der Waals surface area contributed by atoms with Crippen LogP contribution in [0.5, 0.6) is 0 Å². The molecule has 0 spiro atoms. The average Bonchev–Trinajstić information content (AvgIpc) is 2.72. The van der Waals surface area contributed by atoms with E-state index in [-0.39, 0.29) is 6.42 Å². The van der Waals surface area contributed by atoms with Crippen LogP contribution in [-0.4, -0.2) is 133 Å². The molecular formula is C18H32O13. The summed E-state index contributed by atoms with van der Waals surface area (Å²) < 4.78 is 26.9. The summed E-state index contributed by atoms with van der Waals surface area (Å²) in [5, 5.41) is 80.5. The minimum absolute atomic E-state index is 0.0293. The molecule has 14 atom stereocenters. The molecular weight excluding hydrogens is 424 g/mol. The van der Waals surface area contributed by atoms with Crippen molar-refractivity contribution in [3.63, 3.8) is 0 Å². The molecule has 0 unspecified atom stereocenters. The molecule has 8 N–H and O–H groups in total. The van der Waals surface area contributed by atoms with Crippen molar-refractivity contribution in [2.75, 3.05) is 6.61 Å². The van der Waals surface area contributed by atoms with E-state index in [1.54, 1.807) is 6.92 Å². The molecule has 0 aromatic carbocycles. The third kappa shape index (κ3) is 5.19. The van der Waals surface area contributed by atoms with Crippen molar-refractivity contribution in [1.29, 1.82) is 0 Å². The predicted molar refractivity (Wildman–Crippen MR) is 97.0 cm³/mol. The maximum absolute atomic E-state index is 10.7. The van der Waals surface area contributed by atoms with Crippen LogP contribution in [0.2, 0.25) is 0 Å². The van der Waals surface area contributed by atoms with E-state index in [1.165, 1.54) is 6.92 Å². The monoisotopic (exact) mass is 456 g/mol. The van der Waals surface area contributed by atoms with Crippen molar-refractivity contribution in [1.82, 2.24) is 0 Å². The lowest BCUT2D eigenvalue weighted by atomic mass is 9.97. The molecule has 3 fully saturated rings. The molecule has 31 heavy (non-hydrogen) atoms. The Hall–Kier alpha value is -0.520. The Kier molecular flexibility index (Phi) is 8.24. The fourth-order valence-electron chi connectivity index (χ4n) is 3.86. The van der Waals surface area contributed by atoms with Crippen LogP contribution < -0.4 is 0 Å². The summed E-state index contributed by atoms with van der Waals surface area (Å²) in [7, 11) is 0. The topological polar surface area (TPSA) is 208 Å². The fourth-order valence-corrected chi connectivity index (χ4v) is 3.86. The molecule has 3 aliphatic heterocycles. The molecule has 3 rings (SSSR count). The van der Waals surface area contributed by atoms with Gasteiger partial charge >= 0.3 is 0 Å². The normalized spacial score (nSPS) is 54.0. The van der Waals surface area contributed by atoms with E-state index >= 15 is 0 Å². The molecule has 0 amide bonds. The van der Waals surface area contributed by atoms with E-state index in [0.717, 1.165) is 0 Å². The van der Waals surface area contributed by atoms with E-state index in [0.29, 0.717) is 0 Å². The number of hydrogen-bond donors (Lipinski definition) is 8. The smallest absolute Gasteiger partial charge is 0.187 e. The third-order valence-electron chi connectivity index (χ3n) is 5.89. The van der Waals surface area contributed by atoms with Crippen LogP contribution in [0.15, 0.2) is 0 Å². The lowest BCUT2D eigenvalue weighted by Gasteiger charge is -2.46. The molecule has 13 nitrogen and oxygen atoms in total. The number of hydrogen-bond acceptors (Lipinski definition) is 13. The predicted octanol–water partition coefficient (Wildman–Crippen LogP) is -4.49. The molecule has 0 aliphatic carbocycles. The number of aliphatic hydroxyl groups is 8. The Morgan fingerprint density at radius 1 is 0.677 bits per heavy atom. The summed E-state index contributed by atoms with van der Waals surface area (Å²) in [5.74, 6) is 0. The van der Waals surface area contributed by atoms with Crippen molar-refractivity contribution in [3.8, 4) is 0 Å². The second-order valence-electron chi connectivity index (χ2n) is 8.20. The standard InChI is InChI=1S/C18H32O13/c1-5-7(20)3-8(21)17(27-5)30-14-10(22)6(2)28-18(13(14)25)31-15-12(24)11(23)9(4-19)29-16(15)26/h5-26H,3-4H2,1-2H3/t5-,6+,7-,8-,9-,10+,11-,12+,13-,14-,15+,16+,17-,18-/m1/s1. The van der Waals surface area contributed by atoms with Gasteiger partial charge in [0.1, 0.15) is 48.8 Å². The largest absolute Gasteiger partial charge is 0.394 e. The SMILES string of the molecule is C[C@@H]1O[C@H](O[C@H]2[C@@H](O)[C@H](O)[C@@H](CO)O[C@@H]2O)[C@H](O)[C@H](O[C@H]2O[C@H](C)[C@H](O)C[C@H]2O)[C@H]1O. The van der Waals surface area contributed by atoms with E-state index < -0.39 is 92.6 Å². The van der Waals surface area contributed by atoms with Gasteiger partial charge < -0.3 is 64.5 Å². The van der Waals surface area contributed by atoms with Crippen LogP contribution in [0.1, 0.15) is 20.3 Å². The van der Waals surface area contributed by atoms with Crippen molar-refractivity contribution in [2.24, 2.45) is 0 Å². The molecule has 0 radical (unpaired) electrons. The van der Waals surface area contributed by atoms with Gasteiger partial charge in [-0.3, -0.25) is 0 Å². The molecule has 0 saturated carbocycles. The van der Waals surface area contributed by atoms with Gasteiger partial charge in [-0.1, -0.05) is 0 Å². The second-order valence-corrected chi connectivity index (χ2v) is 8.20. The molecule has 0 bridgehead atoms. The molecule has 0 aromatic rings. The summed E-state index contributed by atoms with van der Waals surface area (Å²) in [6, 6.07) is 0. The Labute approximate surface area is 178 Å². The zero-order valence-corrected chi connectivity index (χ0v) is 17.1. The third-order valence-corrected chi connectivity index (χ3v) is 5.89. The summed E-state index contributed by atoms with van der Waals surface area (Å²) in [6.07, 6.45) is -18.7. The first kappa shape index (κ1) is 25.1. The minimum Gasteiger partial charge on any atom is -0.394 e. The van der Waals surface area contributed by atoms with Gasteiger partial charge in [-0.25, -0.2) is 0 Å². The number of rotatable bonds is 5. The molecule has 182 valence electrons. The zero-order valence-electron chi connectivity index (χ0n) is 17.1. The molecule has 0 aromatic heterocycles. The molecule has 3 heterocycles. The van der Waals surface area contributed by atoms with Crippen LogP contribution in [0.4, 0.5) is 0 Å². The maximum Gasteiger partial charge on any atom is 0.187 e. The van der Waals surface area contributed by atoms with Gasteiger partial charge in [0, 0.05) is 6.42 Å². The number of ether oxygens (including phenoxy) is 5. The van der Waals surface area contributed by atoms with Gasteiger partial charge in [0.15, 0.2) is 18.9 Å². The van der Waals surface area contributed by atoms with E-state index in [1.807, 2.05) is 0 Å². The first-order chi connectivity index (χ1) is 14.5. The fraction of sp³-hybridized carbons (Fsp3) is 1.00. The van der Waals surface area contributed by atoms with Crippen molar-refractivity contribution >= 4 is 0 Å². The van der Waals surface area contributed by atoms with E-state index in [2.05, 4.69) is 0 Å². The van der Waals surface area contributed by atoms with Gasteiger partial charge in [-0.2, -0.15) is 0 Å². The van der Waals surface area contributed by atoms with Gasteiger partial charge in [-0.15, -0.1) is 0 Å². The van der Waals surface area contributed by atoms with Crippen LogP contribution in [-0.2, 0) is 23.7 Å². The van der Waals surface area contributed by atoms with Gasteiger partial charge in [-0.05, 0) is 13.8 Å². The average molecular weight is 456 g/mol. The summed E-state index contributed by atoms with van der Waals surface area (Å²) in [6.45, 7) is 2.39. The summed E-state index contributed by atoms with van der Waals surface area (Å²) >= 11 is 0. The van der Waals surface area contributed by atoms with E-state index in [9.17, 15) is 35.7 Å². The lowest BCUT2D eigenvalue weighted by Crippen LogP contribution is -2.64. The lowest BCUT2D eigenvalue weighted by molar-refractivity contribution is -0.375. The Morgan fingerprint density at radius 2 is 1.29 bits per heavy atom. The first-order valence-electron chi connectivity index (χ1n) is 10.2. The molecule has 3 aliphatic rings. The number of aliphatic hydroxyl groups excluding tert-OH is 8. The molecule has 3 saturated heterocycles. The van der Waals surface area contributed by atoms with Gasteiger partial charge in [0.2, 0.25) is 0 Å². The van der Waals surface area contributed by atoms with Gasteiger partial charge in [0.25, 0.3) is 0 Å². The first-order valence-corrected chi connectivity index (χ1v) is 10.2. The second kappa shape index (κ2) is 10.2.